The van der Waals surface area contributed by atoms with Gasteiger partial charge in [-0.2, -0.15) is 5.10 Å². The lowest BCUT2D eigenvalue weighted by atomic mass is 9.48. The number of halogens is 2. The molecule has 6 nitrogen and oxygen atoms in total. The molecule has 4 aliphatic carbocycles. The predicted octanol–water partition coefficient (Wildman–Crippen LogP) is 6.37. The summed E-state index contributed by atoms with van der Waals surface area (Å²) in [5.41, 5.74) is 11.6. The maximum absolute atomic E-state index is 14.2. The molecular weight excluding hydrogens is 480 g/mol. The third kappa shape index (κ3) is 3.57. The summed E-state index contributed by atoms with van der Waals surface area (Å²) in [6, 6.07) is 2.94. The second kappa shape index (κ2) is 8.36. The van der Waals surface area contributed by atoms with Gasteiger partial charge in [0, 0.05) is 17.2 Å². The van der Waals surface area contributed by atoms with E-state index in [2.05, 4.69) is 35.8 Å². The second-order valence-electron chi connectivity index (χ2n) is 11.2. The Kier molecular flexibility index (Phi) is 5.48. The molecule has 5 atom stereocenters. The second-order valence-corrected chi connectivity index (χ2v) is 12.2. The van der Waals surface area contributed by atoms with Crippen molar-refractivity contribution in [3.63, 3.8) is 0 Å². The summed E-state index contributed by atoms with van der Waals surface area (Å²) in [5, 5.41) is 8.12. The van der Waals surface area contributed by atoms with Gasteiger partial charge in [0.1, 0.15) is 11.6 Å². The number of nitrogens with zero attached hydrogens (tertiary/aromatic N) is 2. The van der Waals surface area contributed by atoms with Crippen molar-refractivity contribution in [3.8, 4) is 0 Å². The number of fused-ring (bicyclic) bond motifs is 7. The molecule has 1 aromatic carbocycles. The number of nitrogens with one attached hydrogen (secondary N) is 2. The fourth-order valence-electron chi connectivity index (χ4n) is 7.73. The number of anilines is 2. The molecule has 0 saturated heterocycles. The van der Waals surface area contributed by atoms with E-state index in [-0.39, 0.29) is 16.5 Å². The summed E-state index contributed by atoms with van der Waals surface area (Å²) in [4.78, 5) is 17.2. The first kappa shape index (κ1) is 23.6. The van der Waals surface area contributed by atoms with Gasteiger partial charge in [-0.25, -0.2) is 24.0 Å². The zero-order valence-corrected chi connectivity index (χ0v) is 21.4. The van der Waals surface area contributed by atoms with Crippen LogP contribution in [0.4, 0.5) is 24.4 Å². The van der Waals surface area contributed by atoms with Gasteiger partial charge in [-0.05, 0) is 85.8 Å². The number of hydrogen-bond donors (Lipinski definition) is 3. The zero-order chi connectivity index (χ0) is 25.2. The number of aryl methyl sites for hydroxylation is 1. The molecule has 4 N–H and O–H groups in total. The smallest absolute Gasteiger partial charge is 0.332 e. The number of rotatable bonds is 3. The highest BCUT2D eigenvalue weighted by Gasteiger charge is 2.58. The van der Waals surface area contributed by atoms with Gasteiger partial charge in [-0.1, -0.05) is 31.3 Å². The molecule has 0 spiro atoms. The fourth-order valence-corrected chi connectivity index (χ4v) is 8.93. The Labute approximate surface area is 213 Å². The molecule has 0 bridgehead atoms. The molecule has 2 fully saturated rings. The van der Waals surface area contributed by atoms with E-state index >= 15 is 0 Å². The number of benzene rings is 1. The molecule has 1 heterocycles. The van der Waals surface area contributed by atoms with E-state index < -0.39 is 17.7 Å². The minimum atomic E-state index is -0.622. The Morgan fingerprint density at radius 1 is 1.17 bits per heavy atom. The standard InChI is InChI=1S/C27H31F2N5OS/c1-26-12-10-21-23(36-25(32-21)31-20-7-3-14(28)13-19(20)29)18(26)5-4-15-16-6-8-22(33-34-24(30)35)27(16,2)11-9-17(15)26/h3,5,7,13,15-17H,4,6,8-12H2,1-2H3,(H,31,32)(H3,30,34,35)/b33-22+/t15-,16-,17-,26+,27-/m0/s1. The van der Waals surface area contributed by atoms with E-state index in [4.69, 9.17) is 10.7 Å². The summed E-state index contributed by atoms with van der Waals surface area (Å²) >= 11 is 1.57. The van der Waals surface area contributed by atoms with Crippen LogP contribution < -0.4 is 16.5 Å². The monoisotopic (exact) mass is 511 g/mol. The molecule has 2 amide bonds. The molecule has 0 radical (unpaired) electrons. The lowest BCUT2D eigenvalue weighted by Gasteiger charge is -2.56. The van der Waals surface area contributed by atoms with Crippen molar-refractivity contribution in [1.29, 1.82) is 0 Å². The number of allylic oxidation sites excluding steroid dienone is 2. The van der Waals surface area contributed by atoms with Gasteiger partial charge in [-0.15, -0.1) is 0 Å². The molecule has 4 aliphatic rings. The maximum Gasteiger partial charge on any atom is 0.332 e. The van der Waals surface area contributed by atoms with Crippen molar-refractivity contribution in [2.24, 2.45) is 39.4 Å². The number of amides is 2. The Morgan fingerprint density at radius 2 is 1.97 bits per heavy atom. The fraction of sp³-hybridized carbons (Fsp3) is 0.519. The largest absolute Gasteiger partial charge is 0.350 e. The first-order valence-corrected chi connectivity index (χ1v) is 13.6. The molecule has 6 rings (SSSR count). The molecule has 9 heteroatoms. The quantitative estimate of drug-likeness (QED) is 0.418. The van der Waals surface area contributed by atoms with Crippen LogP contribution in [0.3, 0.4) is 0 Å². The third-order valence-electron chi connectivity index (χ3n) is 9.50. The van der Waals surface area contributed by atoms with Gasteiger partial charge in [0.05, 0.1) is 16.3 Å². The number of thiazole rings is 1. The average molecular weight is 512 g/mol. The first-order chi connectivity index (χ1) is 17.2. The van der Waals surface area contributed by atoms with Crippen molar-refractivity contribution >= 4 is 39.5 Å². The van der Waals surface area contributed by atoms with Crippen molar-refractivity contribution in [2.75, 3.05) is 5.32 Å². The van der Waals surface area contributed by atoms with Gasteiger partial charge in [0.15, 0.2) is 5.13 Å². The first-order valence-electron chi connectivity index (χ1n) is 12.7. The van der Waals surface area contributed by atoms with Gasteiger partial charge >= 0.3 is 6.03 Å². The van der Waals surface area contributed by atoms with Gasteiger partial charge in [0.25, 0.3) is 0 Å². The van der Waals surface area contributed by atoms with E-state index in [0.29, 0.717) is 22.9 Å². The van der Waals surface area contributed by atoms with Crippen molar-refractivity contribution in [1.82, 2.24) is 10.4 Å². The van der Waals surface area contributed by atoms with Crippen molar-refractivity contribution in [2.45, 2.75) is 58.8 Å². The Bertz CT molecular complexity index is 1310. The number of hydrazone groups is 1. The molecule has 2 saturated carbocycles. The van der Waals surface area contributed by atoms with Crippen molar-refractivity contribution in [3.05, 3.63) is 46.5 Å². The normalized spacial score (nSPS) is 33.7. The van der Waals surface area contributed by atoms with E-state index in [1.807, 2.05) is 0 Å². The molecule has 190 valence electrons. The highest BCUT2D eigenvalue weighted by atomic mass is 32.1. The third-order valence-corrected chi connectivity index (χ3v) is 10.5. The molecule has 1 aromatic heterocycles. The Balaban J connectivity index is 1.29. The van der Waals surface area contributed by atoms with E-state index in [9.17, 15) is 13.6 Å². The molecule has 2 aromatic rings. The SMILES string of the molecule is C[C@]12CCc3nc(Nc4ccc(F)cc4F)sc3C1=CC[C@@H]1[C@@H]2CC[C@]2(C)/C(=N/NC(N)=O)CC[C@@H]12. The van der Waals surface area contributed by atoms with Crippen LogP contribution in [0.15, 0.2) is 29.4 Å². The van der Waals surface area contributed by atoms with Crippen LogP contribution in [-0.2, 0) is 6.42 Å². The summed E-state index contributed by atoms with van der Waals surface area (Å²) in [6.45, 7) is 4.74. The number of hydrogen-bond acceptors (Lipinski definition) is 5. The number of nitrogens with two attached hydrogens (primary N) is 1. The minimum Gasteiger partial charge on any atom is -0.350 e. The average Bonchev–Trinajstić information content (AvgIpc) is 3.39. The molecule has 36 heavy (non-hydrogen) atoms. The van der Waals surface area contributed by atoms with Crippen LogP contribution in [0.1, 0.15) is 62.9 Å². The number of urea groups is 1. The van der Waals surface area contributed by atoms with Crippen LogP contribution in [0, 0.1) is 40.2 Å². The van der Waals surface area contributed by atoms with Crippen LogP contribution in [0.5, 0.6) is 0 Å². The van der Waals surface area contributed by atoms with Gasteiger partial charge in [-0.3, -0.25) is 0 Å². The molecule has 0 unspecified atom stereocenters. The summed E-state index contributed by atoms with van der Waals surface area (Å²) < 4.78 is 27.5. The predicted molar refractivity (Wildman–Crippen MR) is 138 cm³/mol. The minimum absolute atomic E-state index is 0.00591. The topological polar surface area (TPSA) is 92.4 Å². The summed E-state index contributed by atoms with van der Waals surface area (Å²) in [6.07, 6.45) is 9.60. The number of primary amides is 1. The van der Waals surface area contributed by atoms with Crippen LogP contribution in [-0.4, -0.2) is 16.7 Å². The summed E-state index contributed by atoms with van der Waals surface area (Å²) in [5.74, 6) is 0.492. The van der Waals surface area contributed by atoms with E-state index in [1.165, 1.54) is 22.6 Å². The van der Waals surface area contributed by atoms with Gasteiger partial charge in [0.2, 0.25) is 0 Å². The lowest BCUT2D eigenvalue weighted by Crippen LogP contribution is -2.49. The highest BCUT2D eigenvalue weighted by molar-refractivity contribution is 7.16. The number of aromatic nitrogens is 1. The zero-order valence-electron chi connectivity index (χ0n) is 20.5. The number of carbonyl (C=O) groups excluding carboxylic acids is 1. The van der Waals surface area contributed by atoms with E-state index in [0.717, 1.165) is 62.4 Å². The van der Waals surface area contributed by atoms with E-state index in [1.54, 1.807) is 11.3 Å². The van der Waals surface area contributed by atoms with Gasteiger partial charge < -0.3 is 11.1 Å². The lowest BCUT2D eigenvalue weighted by molar-refractivity contribution is 0.0116. The van der Waals surface area contributed by atoms with Crippen molar-refractivity contribution < 1.29 is 13.6 Å². The highest BCUT2D eigenvalue weighted by Crippen LogP contribution is 2.65. The van der Waals surface area contributed by atoms with Crippen LogP contribution in [0.25, 0.3) is 5.57 Å². The van der Waals surface area contributed by atoms with Crippen LogP contribution >= 0.6 is 11.3 Å². The Hall–Kier alpha value is -2.81. The molecule has 0 aliphatic heterocycles. The summed E-state index contributed by atoms with van der Waals surface area (Å²) in [7, 11) is 0. The maximum atomic E-state index is 14.2. The molecular formula is C27H31F2N5OS. The van der Waals surface area contributed by atoms with Crippen LogP contribution in [0.2, 0.25) is 0 Å². The number of carbonyl (C=O) groups is 1. The Morgan fingerprint density at radius 3 is 2.75 bits per heavy atom.